The Morgan fingerprint density at radius 3 is 2.57 bits per heavy atom. The molecular weight excluding hydrogens is 272 g/mol. The van der Waals surface area contributed by atoms with Crippen molar-refractivity contribution in [2.24, 2.45) is 5.92 Å². The summed E-state index contributed by atoms with van der Waals surface area (Å²) in [4.78, 5) is 0. The van der Waals surface area contributed by atoms with Gasteiger partial charge in [0.1, 0.15) is 6.10 Å². The summed E-state index contributed by atoms with van der Waals surface area (Å²) in [6, 6.07) is 0. The van der Waals surface area contributed by atoms with Gasteiger partial charge in [-0.25, -0.2) is 0 Å². The van der Waals surface area contributed by atoms with E-state index in [1.54, 1.807) is 0 Å². The molecule has 0 unspecified atom stereocenters. The van der Waals surface area contributed by atoms with Gasteiger partial charge in [-0.2, -0.15) is 0 Å². The van der Waals surface area contributed by atoms with Gasteiger partial charge in [0.15, 0.2) is 5.79 Å². The van der Waals surface area contributed by atoms with Crippen molar-refractivity contribution in [3.8, 4) is 0 Å². The Balaban J connectivity index is 1.90. The highest BCUT2D eigenvalue weighted by Gasteiger charge is 2.55. The minimum atomic E-state index is -1.70. The highest BCUT2D eigenvalue weighted by molar-refractivity contribution is 4.98. The van der Waals surface area contributed by atoms with Crippen LogP contribution in [0.3, 0.4) is 0 Å². The normalized spacial score (nSPS) is 41.6. The SMILES string of the molecule is CCCCCC[C@H](O)[C@@H]1CC[C@@H]2[C@H](O)CC[C@H](O)[C@@]2(O)O1. The fourth-order valence-electron chi connectivity index (χ4n) is 3.71. The van der Waals surface area contributed by atoms with Crippen LogP contribution in [-0.2, 0) is 4.74 Å². The molecule has 0 aromatic heterocycles. The van der Waals surface area contributed by atoms with Crippen molar-refractivity contribution >= 4 is 0 Å². The first kappa shape index (κ1) is 17.2. The van der Waals surface area contributed by atoms with E-state index in [1.165, 1.54) is 0 Å². The van der Waals surface area contributed by atoms with Crippen LogP contribution in [0, 0.1) is 5.92 Å². The van der Waals surface area contributed by atoms with Crippen LogP contribution >= 0.6 is 0 Å². The van der Waals surface area contributed by atoms with Gasteiger partial charge in [0, 0.05) is 5.92 Å². The molecule has 2 aliphatic rings. The van der Waals surface area contributed by atoms with Crippen LogP contribution in [0.25, 0.3) is 0 Å². The fourth-order valence-corrected chi connectivity index (χ4v) is 3.71. The van der Waals surface area contributed by atoms with Gasteiger partial charge < -0.3 is 25.2 Å². The third-order valence-electron chi connectivity index (χ3n) is 5.09. The van der Waals surface area contributed by atoms with E-state index in [1.807, 2.05) is 0 Å². The van der Waals surface area contributed by atoms with Crippen molar-refractivity contribution in [1.82, 2.24) is 0 Å². The summed E-state index contributed by atoms with van der Waals surface area (Å²) in [6.45, 7) is 2.14. The maximum atomic E-state index is 10.6. The number of hydrogen-bond acceptors (Lipinski definition) is 5. The largest absolute Gasteiger partial charge is 0.393 e. The molecule has 6 atom stereocenters. The van der Waals surface area contributed by atoms with Crippen LogP contribution in [0.15, 0.2) is 0 Å². The molecule has 21 heavy (non-hydrogen) atoms. The molecule has 0 radical (unpaired) electrons. The van der Waals surface area contributed by atoms with Crippen molar-refractivity contribution in [3.63, 3.8) is 0 Å². The second kappa shape index (κ2) is 7.38. The molecule has 1 aliphatic heterocycles. The second-order valence-electron chi connectivity index (χ2n) is 6.67. The zero-order valence-corrected chi connectivity index (χ0v) is 12.9. The van der Waals surface area contributed by atoms with Crippen molar-refractivity contribution in [3.05, 3.63) is 0 Å². The van der Waals surface area contributed by atoms with Crippen LogP contribution in [0.2, 0.25) is 0 Å². The van der Waals surface area contributed by atoms with E-state index in [2.05, 4.69) is 6.92 Å². The van der Waals surface area contributed by atoms with Crippen molar-refractivity contribution in [2.45, 2.75) is 94.9 Å². The maximum absolute atomic E-state index is 10.6. The van der Waals surface area contributed by atoms with E-state index < -0.39 is 36.1 Å². The first-order valence-corrected chi connectivity index (χ1v) is 8.43. The summed E-state index contributed by atoms with van der Waals surface area (Å²) in [5, 5.41) is 40.9. The van der Waals surface area contributed by atoms with Crippen LogP contribution in [0.1, 0.15) is 64.7 Å². The van der Waals surface area contributed by atoms with Gasteiger partial charge in [-0.1, -0.05) is 32.6 Å². The van der Waals surface area contributed by atoms with Crippen molar-refractivity contribution in [1.29, 1.82) is 0 Å². The van der Waals surface area contributed by atoms with Gasteiger partial charge in [-0.15, -0.1) is 0 Å². The first-order chi connectivity index (χ1) is 9.99. The second-order valence-corrected chi connectivity index (χ2v) is 6.67. The number of aliphatic hydroxyl groups is 4. The monoisotopic (exact) mass is 302 g/mol. The van der Waals surface area contributed by atoms with E-state index in [4.69, 9.17) is 4.74 Å². The van der Waals surface area contributed by atoms with Gasteiger partial charge in [0.2, 0.25) is 0 Å². The Bertz CT molecular complexity index is 324. The lowest BCUT2D eigenvalue weighted by atomic mass is 9.74. The van der Waals surface area contributed by atoms with Gasteiger partial charge >= 0.3 is 0 Å². The number of aliphatic hydroxyl groups excluding tert-OH is 3. The van der Waals surface area contributed by atoms with Crippen LogP contribution in [0.5, 0.6) is 0 Å². The molecule has 4 N–H and O–H groups in total. The number of unbranched alkanes of at least 4 members (excludes halogenated alkanes) is 3. The predicted octanol–water partition coefficient (Wildman–Crippen LogP) is 1.32. The lowest BCUT2D eigenvalue weighted by Crippen LogP contribution is -2.63. The highest BCUT2D eigenvalue weighted by atomic mass is 16.7. The zero-order valence-electron chi connectivity index (χ0n) is 12.9. The topological polar surface area (TPSA) is 90.2 Å². The molecule has 2 rings (SSSR count). The minimum Gasteiger partial charge on any atom is -0.393 e. The van der Waals surface area contributed by atoms with Crippen LogP contribution in [-0.4, -0.2) is 50.6 Å². The summed E-state index contributed by atoms with van der Waals surface area (Å²) in [6.07, 6.45) is 4.33. The fraction of sp³-hybridized carbons (Fsp3) is 1.00. The molecule has 5 nitrogen and oxygen atoms in total. The summed E-state index contributed by atoms with van der Waals surface area (Å²) in [5.41, 5.74) is 0. The van der Waals surface area contributed by atoms with Crippen molar-refractivity contribution in [2.75, 3.05) is 0 Å². The van der Waals surface area contributed by atoms with Gasteiger partial charge in [0.25, 0.3) is 0 Å². The van der Waals surface area contributed by atoms with E-state index >= 15 is 0 Å². The molecule has 0 aromatic rings. The zero-order chi connectivity index (χ0) is 15.5. The molecule has 124 valence electrons. The molecule has 1 saturated heterocycles. The molecule has 1 aliphatic carbocycles. The smallest absolute Gasteiger partial charge is 0.197 e. The summed E-state index contributed by atoms with van der Waals surface area (Å²) in [7, 11) is 0. The van der Waals surface area contributed by atoms with E-state index in [0.717, 1.165) is 25.7 Å². The Morgan fingerprint density at radius 2 is 1.86 bits per heavy atom. The standard InChI is InChI=1S/C16H30O5/c1-2-3-4-5-6-13(18)14-9-7-11-12(17)8-10-15(19)16(11,20)21-14/h11-15,17-20H,2-10H2,1H3/t11-,12-,13+,14+,15+,16+/m1/s1. The Labute approximate surface area is 126 Å². The molecule has 0 aromatic carbocycles. The number of ether oxygens (including phenoxy) is 1. The van der Waals surface area contributed by atoms with E-state index in [0.29, 0.717) is 32.1 Å². The van der Waals surface area contributed by atoms with Gasteiger partial charge in [-0.3, -0.25) is 0 Å². The number of rotatable bonds is 6. The molecule has 5 heteroatoms. The molecule has 1 heterocycles. The van der Waals surface area contributed by atoms with Crippen LogP contribution < -0.4 is 0 Å². The molecule has 1 saturated carbocycles. The molecule has 0 amide bonds. The number of hydrogen-bond donors (Lipinski definition) is 4. The maximum Gasteiger partial charge on any atom is 0.197 e. The Kier molecular flexibility index (Phi) is 6.03. The molecular formula is C16H30O5. The van der Waals surface area contributed by atoms with Gasteiger partial charge in [0.05, 0.1) is 18.3 Å². The Morgan fingerprint density at radius 1 is 1.10 bits per heavy atom. The summed E-state index contributed by atoms with van der Waals surface area (Å²) in [5.74, 6) is -2.16. The van der Waals surface area contributed by atoms with E-state index in [-0.39, 0.29) is 0 Å². The Hall–Kier alpha value is -0.200. The molecule has 2 fully saturated rings. The minimum absolute atomic E-state index is 0.327. The summed E-state index contributed by atoms with van der Waals surface area (Å²) < 4.78 is 5.67. The predicted molar refractivity (Wildman–Crippen MR) is 78.6 cm³/mol. The third-order valence-corrected chi connectivity index (χ3v) is 5.09. The summed E-state index contributed by atoms with van der Waals surface area (Å²) >= 11 is 0. The highest BCUT2D eigenvalue weighted by Crippen LogP contribution is 2.43. The van der Waals surface area contributed by atoms with E-state index in [9.17, 15) is 20.4 Å². The molecule has 0 bridgehead atoms. The average Bonchev–Trinajstić information content (AvgIpc) is 2.47. The lowest BCUT2D eigenvalue weighted by Gasteiger charge is -2.51. The lowest BCUT2D eigenvalue weighted by molar-refractivity contribution is -0.355. The molecule has 0 spiro atoms. The average molecular weight is 302 g/mol. The van der Waals surface area contributed by atoms with Crippen LogP contribution in [0.4, 0.5) is 0 Å². The van der Waals surface area contributed by atoms with Gasteiger partial charge in [-0.05, 0) is 32.1 Å². The van der Waals surface area contributed by atoms with Crippen molar-refractivity contribution < 1.29 is 25.2 Å². The number of fused-ring (bicyclic) bond motifs is 1. The quantitative estimate of drug-likeness (QED) is 0.556. The first-order valence-electron chi connectivity index (χ1n) is 8.43. The third kappa shape index (κ3) is 3.77.